The summed E-state index contributed by atoms with van der Waals surface area (Å²) in [6, 6.07) is 3.42. The minimum Gasteiger partial charge on any atom is -0.459 e. The van der Waals surface area contributed by atoms with Gasteiger partial charge in [0.05, 0.1) is 12.2 Å². The van der Waals surface area contributed by atoms with E-state index in [2.05, 4.69) is 17.1 Å². The Bertz CT molecular complexity index is 606. The largest absolute Gasteiger partial charge is 0.459 e. The van der Waals surface area contributed by atoms with Gasteiger partial charge in [-0.15, -0.1) is 0 Å². The van der Waals surface area contributed by atoms with Gasteiger partial charge in [-0.25, -0.2) is 0 Å². The first-order valence-electron chi connectivity index (χ1n) is 7.93. The molecule has 0 bridgehead atoms. The standard InChI is InChI=1S/C16H21N3O3/c1-2-3-8-14-17-15(22-18-14)12-6-4-9-19(11-12)16(20)13-7-5-10-21-13/h5,7,10,12H,2-4,6,8-9,11H2,1H3. The van der Waals surface area contributed by atoms with E-state index in [0.717, 1.165) is 44.5 Å². The van der Waals surface area contributed by atoms with Crippen molar-refractivity contribution in [2.45, 2.75) is 44.9 Å². The molecule has 1 fully saturated rings. The molecule has 1 amide bonds. The number of furan rings is 1. The van der Waals surface area contributed by atoms with Crippen LogP contribution in [0.25, 0.3) is 0 Å². The molecule has 3 heterocycles. The van der Waals surface area contributed by atoms with Gasteiger partial charge in [-0.05, 0) is 31.4 Å². The molecular weight excluding hydrogens is 282 g/mol. The van der Waals surface area contributed by atoms with Crippen LogP contribution < -0.4 is 0 Å². The molecule has 0 aliphatic carbocycles. The first-order valence-corrected chi connectivity index (χ1v) is 7.93. The summed E-state index contributed by atoms with van der Waals surface area (Å²) in [4.78, 5) is 18.6. The minimum atomic E-state index is -0.0691. The van der Waals surface area contributed by atoms with Crippen molar-refractivity contribution in [1.82, 2.24) is 15.0 Å². The maximum absolute atomic E-state index is 12.3. The summed E-state index contributed by atoms with van der Waals surface area (Å²) in [7, 11) is 0. The predicted molar refractivity (Wildman–Crippen MR) is 79.5 cm³/mol. The molecule has 1 atom stereocenters. The Hall–Kier alpha value is -2.11. The Morgan fingerprint density at radius 2 is 2.41 bits per heavy atom. The van der Waals surface area contributed by atoms with Crippen LogP contribution in [0.1, 0.15) is 60.8 Å². The van der Waals surface area contributed by atoms with Gasteiger partial charge in [0.2, 0.25) is 5.89 Å². The van der Waals surface area contributed by atoms with Gasteiger partial charge >= 0.3 is 0 Å². The molecule has 0 radical (unpaired) electrons. The van der Waals surface area contributed by atoms with Crippen molar-refractivity contribution >= 4 is 5.91 Å². The number of amides is 1. The van der Waals surface area contributed by atoms with Gasteiger partial charge in [0.25, 0.3) is 5.91 Å². The second kappa shape index (κ2) is 6.77. The predicted octanol–water partition coefficient (Wildman–Crippen LogP) is 3.03. The summed E-state index contributed by atoms with van der Waals surface area (Å²) in [5.74, 6) is 1.86. The molecule has 0 saturated carbocycles. The normalized spacial score (nSPS) is 18.6. The Morgan fingerprint density at radius 3 is 3.18 bits per heavy atom. The summed E-state index contributed by atoms with van der Waals surface area (Å²) in [6.45, 7) is 3.49. The number of hydrogen-bond acceptors (Lipinski definition) is 5. The van der Waals surface area contributed by atoms with Gasteiger partial charge in [0.1, 0.15) is 0 Å². The number of hydrogen-bond donors (Lipinski definition) is 0. The van der Waals surface area contributed by atoms with Crippen molar-refractivity contribution in [2.24, 2.45) is 0 Å². The van der Waals surface area contributed by atoms with Crippen LogP contribution >= 0.6 is 0 Å². The third kappa shape index (κ3) is 3.21. The van der Waals surface area contributed by atoms with E-state index in [1.54, 1.807) is 12.1 Å². The average Bonchev–Trinajstić information content (AvgIpc) is 3.24. The van der Waals surface area contributed by atoms with Gasteiger partial charge in [-0.2, -0.15) is 4.98 Å². The van der Waals surface area contributed by atoms with Crippen molar-refractivity contribution in [3.8, 4) is 0 Å². The molecule has 6 heteroatoms. The summed E-state index contributed by atoms with van der Waals surface area (Å²) >= 11 is 0. The highest BCUT2D eigenvalue weighted by atomic mass is 16.5. The lowest BCUT2D eigenvalue weighted by Gasteiger charge is -2.30. The fourth-order valence-electron chi connectivity index (χ4n) is 2.79. The van der Waals surface area contributed by atoms with Crippen LogP contribution in [0.4, 0.5) is 0 Å². The van der Waals surface area contributed by atoms with E-state index in [4.69, 9.17) is 8.94 Å². The summed E-state index contributed by atoms with van der Waals surface area (Å²) in [6.07, 6.45) is 6.45. The summed E-state index contributed by atoms with van der Waals surface area (Å²) < 4.78 is 10.6. The number of likely N-dealkylation sites (tertiary alicyclic amines) is 1. The molecule has 118 valence electrons. The highest BCUT2D eigenvalue weighted by Crippen LogP contribution is 2.26. The van der Waals surface area contributed by atoms with Crippen molar-refractivity contribution in [3.05, 3.63) is 35.9 Å². The summed E-state index contributed by atoms with van der Waals surface area (Å²) in [5.41, 5.74) is 0. The lowest BCUT2D eigenvalue weighted by atomic mass is 9.97. The van der Waals surface area contributed by atoms with Gasteiger partial charge in [-0.3, -0.25) is 4.79 Å². The SMILES string of the molecule is CCCCc1noc(C2CCCN(C(=O)c3ccco3)C2)n1. The molecule has 2 aromatic heterocycles. The maximum Gasteiger partial charge on any atom is 0.289 e. The van der Waals surface area contributed by atoms with Gasteiger partial charge in [0.15, 0.2) is 11.6 Å². The van der Waals surface area contributed by atoms with Crippen LogP contribution in [-0.4, -0.2) is 34.0 Å². The lowest BCUT2D eigenvalue weighted by Crippen LogP contribution is -2.39. The molecule has 1 aliphatic rings. The van der Waals surface area contributed by atoms with Crippen LogP contribution in [0.15, 0.2) is 27.3 Å². The van der Waals surface area contributed by atoms with E-state index in [9.17, 15) is 4.79 Å². The number of rotatable bonds is 5. The molecule has 1 saturated heterocycles. The highest BCUT2D eigenvalue weighted by Gasteiger charge is 2.29. The fourth-order valence-corrected chi connectivity index (χ4v) is 2.79. The van der Waals surface area contributed by atoms with Gasteiger partial charge in [0, 0.05) is 19.5 Å². The van der Waals surface area contributed by atoms with Crippen molar-refractivity contribution < 1.29 is 13.7 Å². The van der Waals surface area contributed by atoms with Gasteiger partial charge < -0.3 is 13.8 Å². The van der Waals surface area contributed by atoms with Crippen LogP contribution in [0.5, 0.6) is 0 Å². The second-order valence-electron chi connectivity index (χ2n) is 5.72. The minimum absolute atomic E-state index is 0.0691. The van der Waals surface area contributed by atoms with E-state index in [1.807, 2.05) is 4.90 Å². The van der Waals surface area contributed by atoms with Crippen molar-refractivity contribution in [1.29, 1.82) is 0 Å². The average molecular weight is 303 g/mol. The Labute approximate surface area is 129 Å². The highest BCUT2D eigenvalue weighted by molar-refractivity contribution is 5.91. The van der Waals surface area contributed by atoms with Crippen LogP contribution in [-0.2, 0) is 6.42 Å². The molecule has 0 N–H and O–H groups in total. The zero-order chi connectivity index (χ0) is 15.4. The molecule has 1 aliphatic heterocycles. The smallest absolute Gasteiger partial charge is 0.289 e. The Balaban J connectivity index is 1.65. The zero-order valence-electron chi connectivity index (χ0n) is 12.8. The monoisotopic (exact) mass is 303 g/mol. The third-order valence-corrected chi connectivity index (χ3v) is 4.03. The van der Waals surface area contributed by atoms with E-state index in [-0.39, 0.29) is 11.8 Å². The lowest BCUT2D eigenvalue weighted by molar-refractivity contribution is 0.0663. The number of piperidine rings is 1. The number of unbranched alkanes of at least 4 members (excludes halogenated alkanes) is 1. The van der Waals surface area contributed by atoms with E-state index in [0.29, 0.717) is 18.2 Å². The molecule has 22 heavy (non-hydrogen) atoms. The van der Waals surface area contributed by atoms with E-state index in [1.165, 1.54) is 6.26 Å². The molecule has 3 rings (SSSR count). The van der Waals surface area contributed by atoms with Gasteiger partial charge in [-0.1, -0.05) is 18.5 Å². The molecule has 6 nitrogen and oxygen atoms in total. The number of aryl methyl sites for hydroxylation is 1. The van der Waals surface area contributed by atoms with E-state index < -0.39 is 0 Å². The quantitative estimate of drug-likeness (QED) is 0.849. The van der Waals surface area contributed by atoms with Crippen LogP contribution in [0, 0.1) is 0 Å². The zero-order valence-corrected chi connectivity index (χ0v) is 12.8. The van der Waals surface area contributed by atoms with Crippen molar-refractivity contribution in [2.75, 3.05) is 13.1 Å². The number of carbonyl (C=O) groups is 1. The maximum atomic E-state index is 12.3. The number of nitrogens with zero attached hydrogens (tertiary/aromatic N) is 3. The topological polar surface area (TPSA) is 72.4 Å². The van der Waals surface area contributed by atoms with Crippen molar-refractivity contribution in [3.63, 3.8) is 0 Å². The van der Waals surface area contributed by atoms with E-state index >= 15 is 0 Å². The van der Waals surface area contributed by atoms with Crippen LogP contribution in [0.2, 0.25) is 0 Å². The molecular formula is C16H21N3O3. The third-order valence-electron chi connectivity index (χ3n) is 4.03. The van der Waals surface area contributed by atoms with Crippen LogP contribution in [0.3, 0.4) is 0 Å². The molecule has 0 spiro atoms. The molecule has 0 aromatic carbocycles. The number of carbonyl (C=O) groups excluding carboxylic acids is 1. The fraction of sp³-hybridized carbons (Fsp3) is 0.562. The molecule has 2 aromatic rings. The first kappa shape index (κ1) is 14.8. The Kier molecular flexibility index (Phi) is 4.56. The Morgan fingerprint density at radius 1 is 1.50 bits per heavy atom. The first-order chi connectivity index (χ1) is 10.8. The summed E-state index contributed by atoms with van der Waals surface area (Å²) in [5, 5.41) is 4.04. The molecule has 1 unspecified atom stereocenters. The second-order valence-corrected chi connectivity index (χ2v) is 5.72. The number of aromatic nitrogens is 2.